The first-order valence-corrected chi connectivity index (χ1v) is 4.56. The van der Waals surface area contributed by atoms with Crippen LogP contribution in [0.2, 0.25) is 0 Å². The first kappa shape index (κ1) is 12.3. The molecule has 0 spiro atoms. The second kappa shape index (κ2) is 4.86. The number of hydrogen-bond donors (Lipinski definition) is 1. The van der Waals surface area contributed by atoms with Crippen molar-refractivity contribution in [3.63, 3.8) is 0 Å². The van der Waals surface area contributed by atoms with Gasteiger partial charge in [0.05, 0.1) is 22.7 Å². The molecule has 16 heavy (non-hydrogen) atoms. The van der Waals surface area contributed by atoms with Crippen LogP contribution in [0.3, 0.4) is 0 Å². The maximum Gasteiger partial charge on any atom is 0.337 e. The molecule has 0 bridgehead atoms. The zero-order chi connectivity index (χ0) is 12.3. The van der Waals surface area contributed by atoms with E-state index in [1.54, 1.807) is 0 Å². The van der Waals surface area contributed by atoms with Gasteiger partial charge in [0.25, 0.3) is 6.43 Å². The van der Waals surface area contributed by atoms with Gasteiger partial charge in [-0.3, -0.25) is 0 Å². The van der Waals surface area contributed by atoms with Gasteiger partial charge in [-0.05, 0) is 6.07 Å². The summed E-state index contributed by atoms with van der Waals surface area (Å²) in [5.74, 6) is -1.67. The SMILES string of the molecule is N#Cc1c(C(=O)O)cc(CCl)nc1C(F)F. The Kier molecular flexibility index (Phi) is 3.74. The zero-order valence-corrected chi connectivity index (χ0v) is 8.50. The van der Waals surface area contributed by atoms with E-state index in [2.05, 4.69) is 4.98 Å². The summed E-state index contributed by atoms with van der Waals surface area (Å²) in [6.07, 6.45) is -3.02. The highest BCUT2D eigenvalue weighted by molar-refractivity contribution is 6.17. The van der Waals surface area contributed by atoms with E-state index in [1.165, 1.54) is 6.07 Å². The fourth-order valence-corrected chi connectivity index (χ4v) is 1.27. The minimum absolute atomic E-state index is 0.00614. The normalized spacial score (nSPS) is 10.2. The van der Waals surface area contributed by atoms with Crippen LogP contribution in [0.4, 0.5) is 8.78 Å². The molecule has 0 radical (unpaired) electrons. The van der Waals surface area contributed by atoms with Gasteiger partial charge in [0.15, 0.2) is 0 Å². The number of halogens is 3. The van der Waals surface area contributed by atoms with Gasteiger partial charge >= 0.3 is 5.97 Å². The largest absolute Gasteiger partial charge is 0.478 e. The number of carbonyl (C=O) groups is 1. The van der Waals surface area contributed by atoms with Crippen molar-refractivity contribution in [2.45, 2.75) is 12.3 Å². The van der Waals surface area contributed by atoms with E-state index in [1.807, 2.05) is 0 Å². The molecule has 1 heterocycles. The van der Waals surface area contributed by atoms with Crippen molar-refractivity contribution in [1.82, 2.24) is 4.98 Å². The second-order valence-electron chi connectivity index (χ2n) is 2.77. The topological polar surface area (TPSA) is 74.0 Å². The van der Waals surface area contributed by atoms with Crippen molar-refractivity contribution in [3.05, 3.63) is 28.6 Å². The highest BCUT2D eigenvalue weighted by Gasteiger charge is 2.22. The van der Waals surface area contributed by atoms with Crippen molar-refractivity contribution in [3.8, 4) is 6.07 Å². The van der Waals surface area contributed by atoms with E-state index in [-0.39, 0.29) is 11.6 Å². The summed E-state index contributed by atoms with van der Waals surface area (Å²) in [4.78, 5) is 14.2. The van der Waals surface area contributed by atoms with Gasteiger partial charge in [-0.1, -0.05) is 0 Å². The van der Waals surface area contributed by atoms with Crippen molar-refractivity contribution < 1.29 is 18.7 Å². The number of carboxylic acid groups (broad SMARTS) is 1. The number of hydrogen-bond acceptors (Lipinski definition) is 3. The van der Waals surface area contributed by atoms with Gasteiger partial charge in [0.2, 0.25) is 0 Å². The fraction of sp³-hybridized carbons (Fsp3) is 0.222. The van der Waals surface area contributed by atoms with Crippen molar-refractivity contribution in [1.29, 1.82) is 5.26 Å². The van der Waals surface area contributed by atoms with Crippen LogP contribution in [-0.2, 0) is 5.88 Å². The van der Waals surface area contributed by atoms with Gasteiger partial charge in [0.1, 0.15) is 11.8 Å². The number of nitrogens with zero attached hydrogens (tertiary/aromatic N) is 2. The van der Waals surface area contributed by atoms with Crippen molar-refractivity contribution in [2.24, 2.45) is 0 Å². The van der Waals surface area contributed by atoms with Crippen LogP contribution in [0, 0.1) is 11.3 Å². The Hall–Kier alpha value is -1.74. The molecule has 0 fully saturated rings. The highest BCUT2D eigenvalue weighted by Crippen LogP contribution is 2.24. The lowest BCUT2D eigenvalue weighted by Crippen LogP contribution is -2.08. The van der Waals surface area contributed by atoms with Crippen LogP contribution >= 0.6 is 11.6 Å². The minimum atomic E-state index is -3.02. The van der Waals surface area contributed by atoms with Gasteiger partial charge < -0.3 is 5.11 Å². The molecule has 0 unspecified atom stereocenters. The third-order valence-electron chi connectivity index (χ3n) is 1.79. The number of nitriles is 1. The Balaban J connectivity index is 3.54. The first-order chi connectivity index (χ1) is 7.51. The number of carboxylic acids is 1. The molecule has 0 saturated carbocycles. The molecule has 4 nitrogen and oxygen atoms in total. The third kappa shape index (κ3) is 2.25. The van der Waals surface area contributed by atoms with E-state index in [4.69, 9.17) is 22.0 Å². The Morgan fingerprint density at radius 2 is 2.31 bits per heavy atom. The number of rotatable bonds is 3. The summed E-state index contributed by atoms with van der Waals surface area (Å²) >= 11 is 5.39. The standard InChI is InChI=1S/C9H5ClF2N2O2/c10-2-4-1-5(9(15)16)6(3-13)7(14-4)8(11)12/h1,8H,2H2,(H,15,16). The quantitative estimate of drug-likeness (QED) is 0.831. The van der Waals surface area contributed by atoms with Crippen LogP contribution in [0.25, 0.3) is 0 Å². The van der Waals surface area contributed by atoms with Gasteiger partial charge in [-0.25, -0.2) is 18.6 Å². The molecule has 1 aromatic heterocycles. The summed E-state index contributed by atoms with van der Waals surface area (Å²) in [5, 5.41) is 17.4. The lowest BCUT2D eigenvalue weighted by molar-refractivity contribution is 0.0695. The molecule has 1 aromatic rings. The predicted octanol–water partition coefficient (Wildman–Crippen LogP) is 2.33. The van der Waals surface area contributed by atoms with E-state index in [0.717, 1.165) is 6.07 Å². The lowest BCUT2D eigenvalue weighted by atomic mass is 10.1. The van der Waals surface area contributed by atoms with Crippen LogP contribution in [0.5, 0.6) is 0 Å². The third-order valence-corrected chi connectivity index (χ3v) is 2.06. The molecule has 0 saturated heterocycles. The lowest BCUT2D eigenvalue weighted by Gasteiger charge is -2.07. The monoisotopic (exact) mass is 246 g/mol. The van der Waals surface area contributed by atoms with Gasteiger partial charge in [-0.2, -0.15) is 5.26 Å². The van der Waals surface area contributed by atoms with E-state index in [9.17, 15) is 13.6 Å². The number of alkyl halides is 3. The Labute approximate surface area is 94.1 Å². The molecule has 0 aliphatic heterocycles. The molecule has 0 amide bonds. The van der Waals surface area contributed by atoms with E-state index < -0.39 is 29.2 Å². The summed E-state index contributed by atoms with van der Waals surface area (Å²) < 4.78 is 25.0. The molecule has 7 heteroatoms. The number of pyridine rings is 1. The summed E-state index contributed by atoms with van der Waals surface area (Å²) in [7, 11) is 0. The maximum absolute atomic E-state index is 12.5. The minimum Gasteiger partial charge on any atom is -0.478 e. The molecule has 1 N–H and O–H groups in total. The Bertz CT molecular complexity index is 471. The van der Waals surface area contributed by atoms with E-state index >= 15 is 0 Å². The molecule has 0 aromatic carbocycles. The number of aromatic carboxylic acids is 1. The van der Waals surface area contributed by atoms with Crippen molar-refractivity contribution >= 4 is 17.6 Å². The molecule has 0 aliphatic rings. The average Bonchev–Trinajstić information content (AvgIpc) is 2.26. The number of aromatic nitrogens is 1. The van der Waals surface area contributed by atoms with Gasteiger partial charge in [0, 0.05) is 0 Å². The summed E-state index contributed by atoms with van der Waals surface area (Å²) in [6.45, 7) is 0. The highest BCUT2D eigenvalue weighted by atomic mass is 35.5. The smallest absolute Gasteiger partial charge is 0.337 e. The molecular weight excluding hydrogens is 242 g/mol. The van der Waals surface area contributed by atoms with Crippen LogP contribution in [0.1, 0.15) is 33.7 Å². The van der Waals surface area contributed by atoms with Crippen molar-refractivity contribution in [2.75, 3.05) is 0 Å². The Morgan fingerprint density at radius 3 is 2.69 bits per heavy atom. The summed E-state index contributed by atoms with van der Waals surface area (Å²) in [6, 6.07) is 2.43. The van der Waals surface area contributed by atoms with Gasteiger partial charge in [-0.15, -0.1) is 11.6 Å². The average molecular weight is 247 g/mol. The Morgan fingerprint density at radius 1 is 1.69 bits per heavy atom. The molecule has 0 aliphatic carbocycles. The molecule has 1 rings (SSSR count). The summed E-state index contributed by atoms with van der Waals surface area (Å²) in [5.41, 5.74) is -1.99. The maximum atomic E-state index is 12.5. The van der Waals surface area contributed by atoms with Crippen LogP contribution in [0.15, 0.2) is 6.07 Å². The second-order valence-corrected chi connectivity index (χ2v) is 3.04. The van der Waals surface area contributed by atoms with Crippen LogP contribution < -0.4 is 0 Å². The first-order valence-electron chi connectivity index (χ1n) is 4.02. The zero-order valence-electron chi connectivity index (χ0n) is 7.75. The van der Waals surface area contributed by atoms with E-state index in [0.29, 0.717) is 0 Å². The van der Waals surface area contributed by atoms with Crippen LogP contribution in [-0.4, -0.2) is 16.1 Å². The molecule has 84 valence electrons. The predicted molar refractivity (Wildman–Crippen MR) is 50.4 cm³/mol. The molecular formula is C9H5ClF2N2O2. The molecule has 0 atom stereocenters. The fourth-order valence-electron chi connectivity index (χ4n) is 1.13.